The molecule has 0 bridgehead atoms. The largest absolute Gasteiger partial charge is 0.415 e. The Balaban J connectivity index is 1.58. The van der Waals surface area contributed by atoms with Crippen molar-refractivity contribution >= 4 is 5.69 Å². The molecule has 0 aliphatic carbocycles. The highest BCUT2D eigenvalue weighted by Gasteiger charge is 2.22. The van der Waals surface area contributed by atoms with Crippen LogP contribution in [0.5, 0.6) is 0 Å². The first-order valence-electron chi connectivity index (χ1n) is 7.87. The summed E-state index contributed by atoms with van der Waals surface area (Å²) in [5.41, 5.74) is 5.27. The van der Waals surface area contributed by atoms with Crippen LogP contribution in [-0.4, -0.2) is 40.4 Å². The molecule has 1 aromatic carbocycles. The lowest BCUT2D eigenvalue weighted by Crippen LogP contribution is -2.07. The first kappa shape index (κ1) is 18.4. The Kier molecular flexibility index (Phi) is 4.58. The summed E-state index contributed by atoms with van der Waals surface area (Å²) in [5, 5.41) is 17.9. The molecule has 10 nitrogen and oxygen atoms in total. The highest BCUT2D eigenvalue weighted by atomic mass is 19.3. The average molecular weight is 407 g/mol. The number of hydrogen-bond acceptors (Lipinski definition) is 9. The molecule has 148 valence electrons. The number of rotatable bonds is 5. The maximum Gasteiger partial charge on any atom is 0.314 e. The summed E-state index contributed by atoms with van der Waals surface area (Å²) < 4.78 is 58.5. The predicted octanol–water partition coefficient (Wildman–Crippen LogP) is 2.03. The molecule has 0 saturated heterocycles. The van der Waals surface area contributed by atoms with Gasteiger partial charge in [-0.15, -0.1) is 20.4 Å². The van der Waals surface area contributed by atoms with E-state index in [0.717, 1.165) is 10.9 Å². The fourth-order valence-electron chi connectivity index (χ4n) is 2.31. The Hall–Kier alpha value is -3.97. The lowest BCUT2D eigenvalue weighted by Gasteiger charge is -2.05. The number of hydrogen-bond donors (Lipinski definition) is 1. The molecule has 4 aromatic rings. The van der Waals surface area contributed by atoms with Gasteiger partial charge in [0.05, 0.1) is 30.2 Å². The van der Waals surface area contributed by atoms with E-state index >= 15 is 0 Å². The first-order chi connectivity index (χ1) is 13.9. The Morgan fingerprint density at radius 3 is 2.45 bits per heavy atom. The molecule has 0 radical (unpaired) electrons. The topological polar surface area (TPSA) is 134 Å². The maximum absolute atomic E-state index is 14.4. The number of alkyl halides is 2. The van der Waals surface area contributed by atoms with Crippen LogP contribution in [0, 0.1) is 11.6 Å². The van der Waals surface area contributed by atoms with E-state index in [9.17, 15) is 17.6 Å². The van der Waals surface area contributed by atoms with Crippen molar-refractivity contribution in [2.24, 2.45) is 0 Å². The minimum atomic E-state index is -3.03. The third-order valence-corrected chi connectivity index (χ3v) is 3.66. The molecule has 3 heterocycles. The fraction of sp³-hybridized carbons (Fsp3) is 0.133. The second-order valence-electron chi connectivity index (χ2n) is 5.63. The zero-order chi connectivity index (χ0) is 20.5. The van der Waals surface area contributed by atoms with E-state index < -0.39 is 35.4 Å². The molecule has 0 unspecified atom stereocenters. The molecular formula is C15H9F4N9O. The Morgan fingerprint density at radius 1 is 1.00 bits per heavy atom. The van der Waals surface area contributed by atoms with Crippen LogP contribution >= 0.6 is 0 Å². The first-order valence-corrected chi connectivity index (χ1v) is 7.87. The lowest BCUT2D eigenvalue weighted by molar-refractivity contribution is 0.116. The number of nitrogens with zero attached hydrogens (tertiary/aromatic N) is 8. The van der Waals surface area contributed by atoms with Crippen LogP contribution in [0.4, 0.5) is 23.2 Å². The van der Waals surface area contributed by atoms with Gasteiger partial charge in [-0.25, -0.2) is 18.7 Å². The minimum absolute atomic E-state index is 0.0629. The van der Waals surface area contributed by atoms with Crippen LogP contribution < -0.4 is 5.73 Å². The van der Waals surface area contributed by atoms with Gasteiger partial charge in [0.1, 0.15) is 0 Å². The molecule has 0 saturated carbocycles. The van der Waals surface area contributed by atoms with Gasteiger partial charge in [-0.1, -0.05) is 6.07 Å². The quantitative estimate of drug-likeness (QED) is 0.493. The number of benzene rings is 1. The molecule has 2 N–H and O–H groups in total. The van der Waals surface area contributed by atoms with Gasteiger partial charge in [-0.3, -0.25) is 0 Å². The van der Waals surface area contributed by atoms with E-state index in [4.69, 9.17) is 5.73 Å². The van der Waals surface area contributed by atoms with E-state index in [1.807, 2.05) is 0 Å². The molecule has 29 heavy (non-hydrogen) atoms. The third-order valence-electron chi connectivity index (χ3n) is 3.66. The van der Waals surface area contributed by atoms with Crippen LogP contribution in [0.2, 0.25) is 0 Å². The summed E-state index contributed by atoms with van der Waals surface area (Å²) in [6.07, 6.45) is -0.317. The molecule has 0 aliphatic heterocycles. The SMILES string of the molecule is Nc1cnc(-c2nnn(Cc3ccc(-c4nnc(C(F)F)o4)c(F)c3F)n2)nc1. The van der Waals surface area contributed by atoms with Gasteiger partial charge in [0.2, 0.25) is 11.6 Å². The van der Waals surface area contributed by atoms with Crippen molar-refractivity contribution in [2.75, 3.05) is 5.73 Å². The molecule has 0 aliphatic rings. The van der Waals surface area contributed by atoms with E-state index in [-0.39, 0.29) is 23.8 Å². The van der Waals surface area contributed by atoms with Crippen LogP contribution in [-0.2, 0) is 6.54 Å². The second-order valence-corrected chi connectivity index (χ2v) is 5.63. The molecule has 14 heteroatoms. The van der Waals surface area contributed by atoms with Crippen LogP contribution in [0.3, 0.4) is 0 Å². The van der Waals surface area contributed by atoms with Gasteiger partial charge in [-0.05, 0) is 11.3 Å². The van der Waals surface area contributed by atoms with Gasteiger partial charge in [0, 0.05) is 5.56 Å². The summed E-state index contributed by atoms with van der Waals surface area (Å²) in [7, 11) is 0. The number of halogens is 4. The van der Waals surface area contributed by atoms with Crippen LogP contribution in [0.15, 0.2) is 28.9 Å². The molecule has 3 aromatic heterocycles. The lowest BCUT2D eigenvalue weighted by atomic mass is 10.1. The summed E-state index contributed by atoms with van der Waals surface area (Å²) in [5.74, 6) is -3.93. The van der Waals surface area contributed by atoms with Crippen molar-refractivity contribution in [3.63, 3.8) is 0 Å². The van der Waals surface area contributed by atoms with Crippen LogP contribution in [0.25, 0.3) is 23.1 Å². The molecular weight excluding hydrogens is 398 g/mol. The van der Waals surface area contributed by atoms with Gasteiger partial charge < -0.3 is 10.2 Å². The fourth-order valence-corrected chi connectivity index (χ4v) is 2.31. The second kappa shape index (κ2) is 7.21. The third kappa shape index (κ3) is 3.59. The molecule has 0 amide bonds. The normalized spacial score (nSPS) is 11.3. The van der Waals surface area contributed by atoms with Crippen molar-refractivity contribution in [3.05, 3.63) is 47.6 Å². The van der Waals surface area contributed by atoms with E-state index in [0.29, 0.717) is 5.69 Å². The van der Waals surface area contributed by atoms with Crippen molar-refractivity contribution in [2.45, 2.75) is 13.0 Å². The van der Waals surface area contributed by atoms with Gasteiger partial charge in [0.15, 0.2) is 11.6 Å². The summed E-state index contributed by atoms with van der Waals surface area (Å²) >= 11 is 0. The van der Waals surface area contributed by atoms with Gasteiger partial charge in [0.25, 0.3) is 11.8 Å². The highest BCUT2D eigenvalue weighted by Crippen LogP contribution is 2.28. The number of aromatic nitrogens is 8. The van der Waals surface area contributed by atoms with Crippen molar-refractivity contribution < 1.29 is 22.0 Å². The molecule has 0 atom stereocenters. The highest BCUT2D eigenvalue weighted by molar-refractivity contribution is 5.55. The Labute approximate surface area is 158 Å². The zero-order valence-corrected chi connectivity index (χ0v) is 14.2. The zero-order valence-electron chi connectivity index (χ0n) is 14.2. The number of tetrazole rings is 1. The molecule has 0 spiro atoms. The standard InChI is InChI=1S/C15H9F4N9O/c16-9-6(1-2-8(10(9)17)14-24-25-15(29-14)11(18)19)5-28-26-13(23-27-28)12-21-3-7(20)4-22-12/h1-4,11H,5,20H2. The summed E-state index contributed by atoms with van der Waals surface area (Å²) in [6, 6.07) is 2.33. The number of nitrogen functional groups attached to an aromatic ring is 1. The summed E-state index contributed by atoms with van der Waals surface area (Å²) in [6.45, 7) is -0.267. The molecule has 0 fully saturated rings. The maximum atomic E-state index is 14.4. The van der Waals surface area contributed by atoms with Crippen molar-refractivity contribution in [3.8, 4) is 23.1 Å². The minimum Gasteiger partial charge on any atom is -0.415 e. The Morgan fingerprint density at radius 2 is 1.76 bits per heavy atom. The summed E-state index contributed by atoms with van der Waals surface area (Å²) in [4.78, 5) is 8.88. The van der Waals surface area contributed by atoms with E-state index in [1.165, 1.54) is 18.5 Å². The molecule has 4 rings (SSSR count). The van der Waals surface area contributed by atoms with E-state index in [1.54, 1.807) is 0 Å². The average Bonchev–Trinajstić information content (AvgIpc) is 3.36. The number of nitrogens with two attached hydrogens (primary N) is 1. The van der Waals surface area contributed by atoms with Crippen molar-refractivity contribution in [1.29, 1.82) is 0 Å². The van der Waals surface area contributed by atoms with Crippen molar-refractivity contribution in [1.82, 2.24) is 40.4 Å². The van der Waals surface area contributed by atoms with E-state index in [2.05, 4.69) is 40.0 Å². The Bertz CT molecular complexity index is 1160. The monoisotopic (exact) mass is 407 g/mol. The predicted molar refractivity (Wildman–Crippen MR) is 87.0 cm³/mol. The number of anilines is 1. The van der Waals surface area contributed by atoms with Crippen LogP contribution in [0.1, 0.15) is 17.9 Å². The van der Waals surface area contributed by atoms with Gasteiger partial charge >= 0.3 is 6.43 Å². The smallest absolute Gasteiger partial charge is 0.314 e. The van der Waals surface area contributed by atoms with Gasteiger partial charge in [-0.2, -0.15) is 13.6 Å².